The van der Waals surface area contributed by atoms with Crippen LogP contribution in [0.4, 0.5) is 0 Å². The molecule has 2 heterocycles. The third-order valence-corrected chi connectivity index (χ3v) is 13.8. The zero-order valence-electron chi connectivity index (χ0n) is 31.1. The van der Waals surface area contributed by atoms with Gasteiger partial charge in [0.05, 0.1) is 0 Å². The number of rotatable bonds is 6. The maximum absolute atomic E-state index is 2.52. The van der Waals surface area contributed by atoms with E-state index in [-0.39, 0.29) is 6.71 Å². The van der Waals surface area contributed by atoms with Gasteiger partial charge in [0.15, 0.2) is 0 Å². The minimum Gasteiger partial charge on any atom is -0.0905 e. The molecule has 0 saturated carbocycles. The predicted octanol–water partition coefficient (Wildman–Crippen LogP) is 13.1. The number of hydrogen-bond acceptors (Lipinski definition) is 2. The van der Waals surface area contributed by atoms with Gasteiger partial charge in [-0.25, -0.2) is 0 Å². The van der Waals surface area contributed by atoms with E-state index < -0.39 is 0 Å². The van der Waals surface area contributed by atoms with Crippen molar-refractivity contribution < 1.29 is 0 Å². The number of fused-ring (bicyclic) bond motifs is 4. The van der Waals surface area contributed by atoms with Gasteiger partial charge < -0.3 is 0 Å². The van der Waals surface area contributed by atoms with Gasteiger partial charge in [-0.15, -0.1) is 0 Å². The number of benzene rings is 9. The van der Waals surface area contributed by atoms with Crippen LogP contribution in [0.25, 0.3) is 66.8 Å². The van der Waals surface area contributed by atoms with E-state index in [1.54, 1.807) is 0 Å². The molecule has 0 fully saturated rings. The summed E-state index contributed by atoms with van der Waals surface area (Å²) >= 11 is 3.88. The molecular formula is C54H35BS2. The van der Waals surface area contributed by atoms with Crippen LogP contribution < -0.4 is 16.4 Å². The normalized spacial score (nSPS) is 12.4. The zero-order chi connectivity index (χ0) is 37.7. The highest BCUT2D eigenvalue weighted by Crippen LogP contribution is 2.49. The first-order valence-electron chi connectivity index (χ1n) is 19.5. The van der Waals surface area contributed by atoms with Crippen LogP contribution in [0, 0.1) is 0 Å². The Kier molecular flexibility index (Phi) is 8.57. The SMILES string of the molecule is c1ccc(-c2cc(-c3ccccc3)cc(-c3cc(-c4cc(-c5ccccc5)cc(-c5ccccc5)c4)c4c5c3Sc3ccccc3B5c3ccccc3S4)c2)cc1. The average Bonchev–Trinajstić information content (AvgIpc) is 3.30. The molecule has 0 spiro atoms. The van der Waals surface area contributed by atoms with Crippen LogP contribution in [0.3, 0.4) is 0 Å². The Bertz CT molecular complexity index is 2630. The van der Waals surface area contributed by atoms with Crippen LogP contribution in [-0.2, 0) is 0 Å². The molecule has 266 valence electrons. The highest BCUT2D eigenvalue weighted by atomic mass is 32.2. The monoisotopic (exact) mass is 758 g/mol. The lowest BCUT2D eigenvalue weighted by Gasteiger charge is -2.35. The lowest BCUT2D eigenvalue weighted by molar-refractivity contribution is 1.33. The van der Waals surface area contributed by atoms with E-state index in [1.165, 1.54) is 103 Å². The molecule has 11 rings (SSSR count). The van der Waals surface area contributed by atoms with Crippen LogP contribution in [0.1, 0.15) is 0 Å². The third-order valence-electron chi connectivity index (χ3n) is 11.4. The molecule has 0 unspecified atom stereocenters. The molecule has 0 radical (unpaired) electrons. The second kappa shape index (κ2) is 14.4. The summed E-state index contributed by atoms with van der Waals surface area (Å²) in [7, 11) is 0. The molecule has 9 aromatic rings. The van der Waals surface area contributed by atoms with Gasteiger partial charge in [-0.3, -0.25) is 0 Å². The maximum atomic E-state index is 2.52. The summed E-state index contributed by atoms with van der Waals surface area (Å²) in [6, 6.07) is 78.4. The van der Waals surface area contributed by atoms with Gasteiger partial charge in [0, 0.05) is 19.6 Å². The fourth-order valence-electron chi connectivity index (χ4n) is 8.66. The Hall–Kier alpha value is -6.26. The molecule has 0 saturated heterocycles. The van der Waals surface area contributed by atoms with Crippen molar-refractivity contribution in [2.24, 2.45) is 0 Å². The van der Waals surface area contributed by atoms with Crippen molar-refractivity contribution >= 4 is 46.6 Å². The van der Waals surface area contributed by atoms with Gasteiger partial charge in [0.2, 0.25) is 6.71 Å². The Labute approximate surface area is 343 Å². The van der Waals surface area contributed by atoms with Gasteiger partial charge in [-0.05, 0) is 127 Å². The molecule has 9 aromatic carbocycles. The van der Waals surface area contributed by atoms with Crippen LogP contribution in [0.5, 0.6) is 0 Å². The lowest BCUT2D eigenvalue weighted by Crippen LogP contribution is -2.58. The first-order valence-corrected chi connectivity index (χ1v) is 21.2. The van der Waals surface area contributed by atoms with Crippen molar-refractivity contribution in [1.29, 1.82) is 0 Å². The predicted molar refractivity (Wildman–Crippen MR) is 245 cm³/mol. The standard InChI is InChI=1S/C54H35BS2/c1-5-17-36(18-6-1)40-29-41(37-19-7-2-8-20-37)32-44(31-40)46-35-47(45-33-42(38-21-9-3-10-22-38)30-43(34-45)39-23-11-4-12-24-39)54-52-53(46)56-50-27-15-13-25-48(50)55(52)49-26-14-16-28-51(49)57-54/h1-35H. The van der Waals surface area contributed by atoms with Crippen LogP contribution in [0.15, 0.2) is 232 Å². The molecule has 0 bridgehead atoms. The molecule has 2 aliphatic rings. The molecule has 2 aliphatic heterocycles. The first-order chi connectivity index (χ1) is 28.2. The quantitative estimate of drug-likeness (QED) is 0.155. The van der Waals surface area contributed by atoms with Crippen LogP contribution in [-0.4, -0.2) is 6.71 Å². The molecule has 0 aromatic heterocycles. The van der Waals surface area contributed by atoms with E-state index in [4.69, 9.17) is 0 Å². The topological polar surface area (TPSA) is 0 Å². The maximum Gasteiger partial charge on any atom is 0.247 e. The van der Waals surface area contributed by atoms with Gasteiger partial charge in [0.1, 0.15) is 0 Å². The van der Waals surface area contributed by atoms with Crippen molar-refractivity contribution in [3.63, 3.8) is 0 Å². The highest BCUT2D eigenvalue weighted by molar-refractivity contribution is 8.01. The molecule has 0 amide bonds. The van der Waals surface area contributed by atoms with Gasteiger partial charge in [-0.2, -0.15) is 0 Å². The van der Waals surface area contributed by atoms with E-state index in [2.05, 4.69) is 212 Å². The molecule has 0 N–H and O–H groups in total. The van der Waals surface area contributed by atoms with Crippen LogP contribution in [0.2, 0.25) is 0 Å². The molecule has 0 nitrogen and oxygen atoms in total. The Morgan fingerprint density at radius 3 is 0.912 bits per heavy atom. The molecule has 0 aliphatic carbocycles. The zero-order valence-corrected chi connectivity index (χ0v) is 32.7. The van der Waals surface area contributed by atoms with Crippen LogP contribution >= 0.6 is 23.5 Å². The second-order valence-electron chi connectivity index (χ2n) is 14.8. The summed E-state index contributed by atoms with van der Waals surface area (Å²) < 4.78 is 0. The number of hydrogen-bond donors (Lipinski definition) is 0. The minimum atomic E-state index is 0.125. The lowest BCUT2D eigenvalue weighted by atomic mass is 9.36. The first kappa shape index (κ1) is 34.0. The fraction of sp³-hybridized carbons (Fsp3) is 0. The van der Waals surface area contributed by atoms with E-state index in [9.17, 15) is 0 Å². The van der Waals surface area contributed by atoms with Gasteiger partial charge in [0.25, 0.3) is 0 Å². The smallest absolute Gasteiger partial charge is 0.0905 e. The van der Waals surface area contributed by atoms with Crippen molar-refractivity contribution in [1.82, 2.24) is 0 Å². The Morgan fingerprint density at radius 2 is 0.561 bits per heavy atom. The van der Waals surface area contributed by atoms with E-state index in [1.807, 2.05) is 23.5 Å². The Balaban J connectivity index is 1.24. The van der Waals surface area contributed by atoms with Gasteiger partial charge in [-0.1, -0.05) is 192 Å². The fourth-order valence-corrected chi connectivity index (χ4v) is 11.3. The van der Waals surface area contributed by atoms with E-state index in [0.29, 0.717) is 0 Å². The minimum absolute atomic E-state index is 0.125. The van der Waals surface area contributed by atoms with E-state index >= 15 is 0 Å². The van der Waals surface area contributed by atoms with Gasteiger partial charge >= 0.3 is 0 Å². The summed E-state index contributed by atoms with van der Waals surface area (Å²) in [5, 5.41) is 0. The van der Waals surface area contributed by atoms with E-state index in [0.717, 1.165) is 0 Å². The summed E-state index contributed by atoms with van der Waals surface area (Å²) in [4.78, 5) is 5.37. The van der Waals surface area contributed by atoms with Crippen molar-refractivity contribution in [2.45, 2.75) is 19.6 Å². The summed E-state index contributed by atoms with van der Waals surface area (Å²) in [6.45, 7) is 0.125. The second-order valence-corrected chi connectivity index (χ2v) is 16.9. The van der Waals surface area contributed by atoms with Crippen molar-refractivity contribution in [3.05, 3.63) is 212 Å². The summed E-state index contributed by atoms with van der Waals surface area (Å²) in [5.41, 5.74) is 18.9. The largest absolute Gasteiger partial charge is 0.247 e. The average molecular weight is 759 g/mol. The molecule has 57 heavy (non-hydrogen) atoms. The van der Waals surface area contributed by atoms with Crippen molar-refractivity contribution in [3.8, 4) is 66.8 Å². The molecule has 3 heteroatoms. The summed E-state index contributed by atoms with van der Waals surface area (Å²) in [6.07, 6.45) is 0. The van der Waals surface area contributed by atoms with Crippen molar-refractivity contribution in [2.75, 3.05) is 0 Å². The molecule has 0 atom stereocenters. The highest BCUT2D eigenvalue weighted by Gasteiger charge is 2.40. The molecular weight excluding hydrogens is 724 g/mol. The Morgan fingerprint density at radius 1 is 0.263 bits per heavy atom. The summed E-state index contributed by atoms with van der Waals surface area (Å²) in [5.74, 6) is 0. The third kappa shape index (κ3) is 6.15.